The van der Waals surface area contributed by atoms with Crippen LogP contribution in [0.4, 0.5) is 17.1 Å². The van der Waals surface area contributed by atoms with Crippen LogP contribution in [0.1, 0.15) is 23.0 Å². The molecule has 8 nitrogen and oxygen atoms in total. The highest BCUT2D eigenvalue weighted by molar-refractivity contribution is 9.10. The van der Waals surface area contributed by atoms with E-state index < -0.39 is 6.04 Å². The van der Waals surface area contributed by atoms with E-state index in [0.717, 1.165) is 32.7 Å². The third-order valence-electron chi connectivity index (χ3n) is 5.91. The minimum atomic E-state index is -0.391. The number of aromatic nitrogens is 4. The quantitative estimate of drug-likeness (QED) is 0.169. The molecule has 1 unspecified atom stereocenters. The van der Waals surface area contributed by atoms with Crippen LogP contribution in [0.15, 0.2) is 114 Å². The molecule has 0 aliphatic carbocycles. The Hall–Kier alpha value is -4.63. The fourth-order valence-electron chi connectivity index (χ4n) is 4.05. The van der Waals surface area contributed by atoms with Crippen molar-refractivity contribution in [2.45, 2.75) is 12.6 Å². The molecule has 0 aliphatic rings. The maximum Gasteiger partial charge on any atom is 0.183 e. The molecule has 0 radical (unpaired) electrons. The summed E-state index contributed by atoms with van der Waals surface area (Å²) in [5.74, 6) is 1.26. The molecule has 0 saturated heterocycles. The second-order valence-electron chi connectivity index (χ2n) is 8.47. The van der Waals surface area contributed by atoms with Gasteiger partial charge in [-0.25, -0.2) is 0 Å². The summed E-state index contributed by atoms with van der Waals surface area (Å²) in [4.78, 5) is 0. The number of hydrogen-bond donors (Lipinski definition) is 3. The number of anilines is 3. The molecule has 38 heavy (non-hydrogen) atoms. The standard InChI is InChI=1S/C29H26BrN7O/c1-2-32-25-17-16-23(18-24(25)31)33-28(21-12-14-22(30)15-13-21)29-34-35-36-37(29)26-10-6-7-11-27(26)38-19-20-8-4-3-5-9-20/h2-18,28,32-33H,1,19,31H2. The first-order chi connectivity index (χ1) is 18.6. The van der Waals surface area contributed by atoms with Gasteiger partial charge in [0.05, 0.1) is 11.4 Å². The molecule has 5 aromatic rings. The van der Waals surface area contributed by atoms with Crippen molar-refractivity contribution in [3.63, 3.8) is 0 Å². The smallest absolute Gasteiger partial charge is 0.183 e. The first-order valence-electron chi connectivity index (χ1n) is 12.0. The lowest BCUT2D eigenvalue weighted by Gasteiger charge is -2.21. The fourth-order valence-corrected chi connectivity index (χ4v) is 4.31. The van der Waals surface area contributed by atoms with Crippen LogP contribution in [0.2, 0.25) is 0 Å². The summed E-state index contributed by atoms with van der Waals surface area (Å²) in [5.41, 5.74) is 11.2. The molecule has 4 aromatic carbocycles. The van der Waals surface area contributed by atoms with E-state index >= 15 is 0 Å². The number of rotatable bonds is 10. The largest absolute Gasteiger partial charge is 0.487 e. The molecular weight excluding hydrogens is 542 g/mol. The van der Waals surface area contributed by atoms with E-state index in [9.17, 15) is 0 Å². The molecule has 1 aromatic heterocycles. The first kappa shape index (κ1) is 25.0. The second-order valence-corrected chi connectivity index (χ2v) is 9.39. The van der Waals surface area contributed by atoms with E-state index in [1.165, 1.54) is 0 Å². The molecule has 0 fully saturated rings. The molecule has 0 amide bonds. The molecule has 1 atom stereocenters. The monoisotopic (exact) mass is 567 g/mol. The van der Waals surface area contributed by atoms with Crippen LogP contribution in [0, 0.1) is 0 Å². The lowest BCUT2D eigenvalue weighted by atomic mass is 10.1. The average molecular weight is 568 g/mol. The minimum absolute atomic E-state index is 0.391. The molecule has 9 heteroatoms. The van der Waals surface area contributed by atoms with Crippen LogP contribution in [-0.2, 0) is 6.61 Å². The normalized spacial score (nSPS) is 11.5. The van der Waals surface area contributed by atoms with Crippen molar-refractivity contribution in [2.24, 2.45) is 0 Å². The number of ether oxygens (including phenoxy) is 1. The van der Waals surface area contributed by atoms with Crippen LogP contribution >= 0.6 is 15.9 Å². The Morgan fingerprint density at radius 2 is 1.74 bits per heavy atom. The number of tetrazole rings is 1. The van der Waals surface area contributed by atoms with Gasteiger partial charge in [0.15, 0.2) is 5.82 Å². The maximum atomic E-state index is 6.26. The lowest BCUT2D eigenvalue weighted by molar-refractivity contribution is 0.304. The number of benzene rings is 4. The number of hydrogen-bond acceptors (Lipinski definition) is 7. The number of para-hydroxylation sites is 2. The van der Waals surface area contributed by atoms with Gasteiger partial charge in [-0.15, -0.1) is 5.10 Å². The number of nitrogens with one attached hydrogen (secondary N) is 2. The van der Waals surface area contributed by atoms with Gasteiger partial charge in [-0.1, -0.05) is 77.1 Å². The Balaban J connectivity index is 1.51. The highest BCUT2D eigenvalue weighted by Gasteiger charge is 2.24. The number of nitrogens with zero attached hydrogens (tertiary/aromatic N) is 4. The Bertz CT molecular complexity index is 1520. The fraction of sp³-hybridized carbons (Fsp3) is 0.0690. The first-order valence-corrected chi connectivity index (χ1v) is 12.7. The SMILES string of the molecule is C=CNc1ccc(NC(c2ccc(Br)cc2)c2nnnn2-c2ccccc2OCc2ccccc2)cc1N. The van der Waals surface area contributed by atoms with Gasteiger partial charge in [-0.2, -0.15) is 4.68 Å². The van der Waals surface area contributed by atoms with Gasteiger partial charge in [0, 0.05) is 10.2 Å². The molecule has 0 spiro atoms. The minimum Gasteiger partial charge on any atom is -0.487 e. The van der Waals surface area contributed by atoms with Gasteiger partial charge in [0.1, 0.15) is 24.1 Å². The van der Waals surface area contributed by atoms with Gasteiger partial charge < -0.3 is 21.1 Å². The van der Waals surface area contributed by atoms with Crippen molar-refractivity contribution in [1.29, 1.82) is 0 Å². The van der Waals surface area contributed by atoms with Crippen molar-refractivity contribution in [3.05, 3.63) is 131 Å². The predicted molar refractivity (Wildman–Crippen MR) is 154 cm³/mol. The maximum absolute atomic E-state index is 6.26. The van der Waals surface area contributed by atoms with Gasteiger partial charge in [0.25, 0.3) is 0 Å². The van der Waals surface area contributed by atoms with Crippen LogP contribution in [-0.4, -0.2) is 20.2 Å². The van der Waals surface area contributed by atoms with Crippen molar-refractivity contribution in [2.75, 3.05) is 16.4 Å². The molecule has 5 rings (SSSR count). The summed E-state index contributed by atoms with van der Waals surface area (Å²) in [7, 11) is 0. The van der Waals surface area contributed by atoms with Gasteiger partial charge in [-0.05, 0) is 70.2 Å². The Morgan fingerprint density at radius 3 is 2.50 bits per heavy atom. The van der Waals surface area contributed by atoms with Crippen LogP contribution in [0.3, 0.4) is 0 Å². The van der Waals surface area contributed by atoms with Crippen LogP contribution < -0.4 is 21.1 Å². The zero-order valence-electron chi connectivity index (χ0n) is 20.5. The van der Waals surface area contributed by atoms with Crippen molar-refractivity contribution in [3.8, 4) is 11.4 Å². The third-order valence-corrected chi connectivity index (χ3v) is 6.43. The molecule has 0 aliphatic heterocycles. The van der Waals surface area contributed by atoms with E-state index in [4.69, 9.17) is 10.5 Å². The van der Waals surface area contributed by atoms with E-state index in [1.807, 2.05) is 97.1 Å². The summed E-state index contributed by atoms with van der Waals surface area (Å²) >= 11 is 3.53. The second kappa shape index (κ2) is 11.6. The van der Waals surface area contributed by atoms with E-state index in [1.54, 1.807) is 10.9 Å². The molecule has 4 N–H and O–H groups in total. The Kier molecular flexibility index (Phi) is 7.65. The van der Waals surface area contributed by atoms with Gasteiger partial charge in [-0.3, -0.25) is 0 Å². The Labute approximate surface area is 229 Å². The number of nitrogen functional groups attached to an aromatic ring is 1. The zero-order chi connectivity index (χ0) is 26.3. The van der Waals surface area contributed by atoms with Crippen molar-refractivity contribution >= 4 is 33.0 Å². The molecule has 190 valence electrons. The van der Waals surface area contributed by atoms with E-state index in [-0.39, 0.29) is 0 Å². The summed E-state index contributed by atoms with van der Waals surface area (Å²) in [5, 5.41) is 19.4. The lowest BCUT2D eigenvalue weighted by Crippen LogP contribution is -2.18. The summed E-state index contributed by atoms with van der Waals surface area (Å²) in [6.45, 7) is 4.13. The molecular formula is C29H26BrN7O. The molecule has 1 heterocycles. The highest BCUT2D eigenvalue weighted by Crippen LogP contribution is 2.32. The van der Waals surface area contributed by atoms with E-state index in [0.29, 0.717) is 23.9 Å². The number of nitrogens with two attached hydrogens (primary N) is 1. The highest BCUT2D eigenvalue weighted by atomic mass is 79.9. The van der Waals surface area contributed by atoms with Gasteiger partial charge >= 0.3 is 0 Å². The summed E-state index contributed by atoms with van der Waals surface area (Å²) < 4.78 is 8.88. The van der Waals surface area contributed by atoms with Crippen LogP contribution in [0.25, 0.3) is 5.69 Å². The topological polar surface area (TPSA) is 103 Å². The third kappa shape index (κ3) is 5.68. The molecule has 0 saturated carbocycles. The summed E-state index contributed by atoms with van der Waals surface area (Å²) in [6, 6.07) is 31.1. The number of halogens is 1. The van der Waals surface area contributed by atoms with Crippen molar-refractivity contribution < 1.29 is 4.74 Å². The summed E-state index contributed by atoms with van der Waals surface area (Å²) in [6.07, 6.45) is 1.59. The van der Waals surface area contributed by atoms with E-state index in [2.05, 4.69) is 48.7 Å². The predicted octanol–water partition coefficient (Wildman–Crippen LogP) is 6.34. The molecule has 0 bridgehead atoms. The van der Waals surface area contributed by atoms with Crippen LogP contribution in [0.5, 0.6) is 5.75 Å². The van der Waals surface area contributed by atoms with Crippen molar-refractivity contribution in [1.82, 2.24) is 20.2 Å². The Morgan fingerprint density at radius 1 is 0.974 bits per heavy atom. The van der Waals surface area contributed by atoms with Gasteiger partial charge in [0.2, 0.25) is 0 Å². The average Bonchev–Trinajstić information content (AvgIpc) is 3.43. The zero-order valence-corrected chi connectivity index (χ0v) is 22.0.